The van der Waals surface area contributed by atoms with Gasteiger partial charge in [-0.2, -0.15) is 0 Å². The Bertz CT molecular complexity index is 632. The van der Waals surface area contributed by atoms with E-state index in [9.17, 15) is 19.5 Å². The van der Waals surface area contributed by atoms with Crippen molar-refractivity contribution in [3.8, 4) is 0 Å². The van der Waals surface area contributed by atoms with Gasteiger partial charge in [0.2, 0.25) is 5.91 Å². The number of benzene rings is 1. The Hall–Kier alpha value is -2.37. The summed E-state index contributed by atoms with van der Waals surface area (Å²) in [6, 6.07) is 6.75. The summed E-state index contributed by atoms with van der Waals surface area (Å²) < 4.78 is 0. The van der Waals surface area contributed by atoms with E-state index in [1.165, 1.54) is 0 Å². The Labute approximate surface area is 134 Å². The lowest BCUT2D eigenvalue weighted by molar-refractivity contribution is -0.144. The number of carboxylic acid groups (broad SMARTS) is 1. The summed E-state index contributed by atoms with van der Waals surface area (Å²) >= 11 is 0. The predicted molar refractivity (Wildman–Crippen MR) is 84.3 cm³/mol. The lowest BCUT2D eigenvalue weighted by Crippen LogP contribution is -2.52. The van der Waals surface area contributed by atoms with E-state index < -0.39 is 11.5 Å². The summed E-state index contributed by atoms with van der Waals surface area (Å²) in [6.07, 6.45) is 3.96. The quantitative estimate of drug-likeness (QED) is 0.889. The van der Waals surface area contributed by atoms with Crippen molar-refractivity contribution < 1.29 is 19.5 Å². The van der Waals surface area contributed by atoms with E-state index in [0.29, 0.717) is 31.4 Å². The maximum absolute atomic E-state index is 12.4. The SMILES string of the molecule is O=C(NC1(C(=O)O)CCCC1)c1ccc(N2CCCC2=O)cc1. The van der Waals surface area contributed by atoms with Crippen molar-refractivity contribution in [2.45, 2.75) is 44.1 Å². The fraction of sp³-hybridized carbons (Fsp3) is 0.471. The molecule has 122 valence electrons. The van der Waals surface area contributed by atoms with E-state index in [1.807, 2.05) is 0 Å². The van der Waals surface area contributed by atoms with Crippen LogP contribution < -0.4 is 10.2 Å². The minimum absolute atomic E-state index is 0.0954. The van der Waals surface area contributed by atoms with Crippen LogP contribution in [0.25, 0.3) is 0 Å². The monoisotopic (exact) mass is 316 g/mol. The van der Waals surface area contributed by atoms with Gasteiger partial charge < -0.3 is 15.3 Å². The standard InChI is InChI=1S/C17H20N2O4/c20-14-4-3-11-19(14)13-7-5-12(6-8-13)15(21)18-17(16(22)23)9-1-2-10-17/h5-8H,1-4,9-11H2,(H,18,21)(H,22,23). The van der Waals surface area contributed by atoms with Crippen LogP contribution in [0.15, 0.2) is 24.3 Å². The molecule has 2 aliphatic rings. The van der Waals surface area contributed by atoms with E-state index in [0.717, 1.165) is 24.9 Å². The Morgan fingerprint density at radius 3 is 2.26 bits per heavy atom. The molecule has 1 aromatic rings. The number of rotatable bonds is 4. The Morgan fingerprint density at radius 2 is 1.74 bits per heavy atom. The molecule has 1 saturated heterocycles. The van der Waals surface area contributed by atoms with Crippen LogP contribution in [0, 0.1) is 0 Å². The lowest BCUT2D eigenvalue weighted by atomic mass is 9.97. The summed E-state index contributed by atoms with van der Waals surface area (Å²) in [5, 5.41) is 12.1. The van der Waals surface area contributed by atoms with Crippen molar-refractivity contribution in [2.24, 2.45) is 0 Å². The van der Waals surface area contributed by atoms with E-state index in [2.05, 4.69) is 5.32 Å². The van der Waals surface area contributed by atoms with Gasteiger partial charge in [0, 0.05) is 24.2 Å². The van der Waals surface area contributed by atoms with Crippen LogP contribution in [0.2, 0.25) is 0 Å². The number of nitrogens with zero attached hydrogens (tertiary/aromatic N) is 1. The number of carboxylic acids is 1. The maximum Gasteiger partial charge on any atom is 0.329 e. The normalized spacial score (nSPS) is 19.8. The molecular formula is C17H20N2O4. The molecule has 0 aromatic heterocycles. The van der Waals surface area contributed by atoms with Crippen LogP contribution in [0.4, 0.5) is 5.69 Å². The molecule has 3 rings (SSSR count). The predicted octanol–water partition coefficient (Wildman–Crippen LogP) is 1.94. The molecule has 23 heavy (non-hydrogen) atoms. The molecule has 1 heterocycles. The third kappa shape index (κ3) is 2.93. The van der Waals surface area contributed by atoms with Gasteiger partial charge in [-0.1, -0.05) is 12.8 Å². The highest BCUT2D eigenvalue weighted by Gasteiger charge is 2.42. The lowest BCUT2D eigenvalue weighted by Gasteiger charge is -2.25. The number of carbonyl (C=O) groups excluding carboxylic acids is 2. The van der Waals surface area contributed by atoms with E-state index in [1.54, 1.807) is 29.2 Å². The Balaban J connectivity index is 1.73. The van der Waals surface area contributed by atoms with Crippen molar-refractivity contribution in [3.05, 3.63) is 29.8 Å². The van der Waals surface area contributed by atoms with Crippen LogP contribution in [0.1, 0.15) is 48.9 Å². The molecular weight excluding hydrogens is 296 g/mol. The first kappa shape index (κ1) is 15.5. The second-order valence-electron chi connectivity index (χ2n) is 6.24. The van der Waals surface area contributed by atoms with Gasteiger partial charge in [0.05, 0.1) is 0 Å². The highest BCUT2D eigenvalue weighted by atomic mass is 16.4. The number of hydrogen-bond donors (Lipinski definition) is 2. The number of carbonyl (C=O) groups is 3. The van der Waals surface area contributed by atoms with Gasteiger partial charge in [0.1, 0.15) is 5.54 Å². The molecule has 0 spiro atoms. The summed E-state index contributed by atoms with van der Waals surface area (Å²) in [5.74, 6) is -1.26. The number of hydrogen-bond acceptors (Lipinski definition) is 3. The van der Waals surface area contributed by atoms with Crippen LogP contribution in [-0.4, -0.2) is 35.0 Å². The Kier molecular flexibility index (Phi) is 4.07. The van der Waals surface area contributed by atoms with Gasteiger partial charge in [0.25, 0.3) is 5.91 Å². The summed E-state index contributed by atoms with van der Waals surface area (Å²) in [6.45, 7) is 0.701. The van der Waals surface area contributed by atoms with Gasteiger partial charge in [-0.05, 0) is 43.5 Å². The van der Waals surface area contributed by atoms with Crippen molar-refractivity contribution in [1.82, 2.24) is 5.32 Å². The van der Waals surface area contributed by atoms with Gasteiger partial charge >= 0.3 is 5.97 Å². The molecule has 6 nitrogen and oxygen atoms in total. The largest absolute Gasteiger partial charge is 0.480 e. The second-order valence-corrected chi connectivity index (χ2v) is 6.24. The van der Waals surface area contributed by atoms with Gasteiger partial charge in [-0.15, -0.1) is 0 Å². The molecule has 0 unspecified atom stereocenters. The van der Waals surface area contributed by atoms with Crippen LogP contribution in [0.5, 0.6) is 0 Å². The van der Waals surface area contributed by atoms with Crippen molar-refractivity contribution >= 4 is 23.5 Å². The third-order valence-corrected chi connectivity index (χ3v) is 4.73. The number of amides is 2. The van der Waals surface area contributed by atoms with Crippen molar-refractivity contribution in [1.29, 1.82) is 0 Å². The molecule has 1 aliphatic heterocycles. The average molecular weight is 316 g/mol. The fourth-order valence-corrected chi connectivity index (χ4v) is 3.37. The summed E-state index contributed by atoms with van der Waals surface area (Å²) in [4.78, 5) is 37.3. The molecule has 2 N–H and O–H groups in total. The molecule has 0 radical (unpaired) electrons. The summed E-state index contributed by atoms with van der Waals surface area (Å²) in [5.41, 5.74) is 0.0477. The first-order chi connectivity index (χ1) is 11.0. The van der Waals surface area contributed by atoms with Gasteiger partial charge in [-0.25, -0.2) is 4.79 Å². The third-order valence-electron chi connectivity index (χ3n) is 4.73. The first-order valence-corrected chi connectivity index (χ1v) is 7.98. The smallest absolute Gasteiger partial charge is 0.329 e. The molecule has 1 aromatic carbocycles. The number of aliphatic carboxylic acids is 1. The fourth-order valence-electron chi connectivity index (χ4n) is 3.37. The molecule has 1 saturated carbocycles. The first-order valence-electron chi connectivity index (χ1n) is 7.98. The molecule has 6 heteroatoms. The topological polar surface area (TPSA) is 86.7 Å². The molecule has 0 bridgehead atoms. The van der Waals surface area contributed by atoms with E-state index in [-0.39, 0.29) is 11.8 Å². The highest BCUT2D eigenvalue weighted by molar-refractivity contribution is 5.99. The molecule has 2 fully saturated rings. The van der Waals surface area contributed by atoms with Crippen molar-refractivity contribution in [3.63, 3.8) is 0 Å². The van der Waals surface area contributed by atoms with Crippen molar-refractivity contribution in [2.75, 3.05) is 11.4 Å². The van der Waals surface area contributed by atoms with Crippen LogP contribution >= 0.6 is 0 Å². The van der Waals surface area contributed by atoms with Gasteiger partial charge in [0.15, 0.2) is 0 Å². The average Bonchev–Trinajstić information content (AvgIpc) is 3.17. The zero-order chi connectivity index (χ0) is 16.4. The number of anilines is 1. The second kappa shape index (κ2) is 6.02. The molecule has 1 aliphatic carbocycles. The van der Waals surface area contributed by atoms with Gasteiger partial charge in [-0.3, -0.25) is 9.59 Å². The Morgan fingerprint density at radius 1 is 1.09 bits per heavy atom. The van der Waals surface area contributed by atoms with E-state index in [4.69, 9.17) is 0 Å². The number of nitrogens with one attached hydrogen (secondary N) is 1. The molecule has 0 atom stereocenters. The zero-order valence-electron chi connectivity index (χ0n) is 12.9. The van der Waals surface area contributed by atoms with E-state index >= 15 is 0 Å². The highest BCUT2D eigenvalue weighted by Crippen LogP contribution is 2.30. The summed E-state index contributed by atoms with van der Waals surface area (Å²) in [7, 11) is 0. The van der Waals surface area contributed by atoms with Crippen LogP contribution in [0.3, 0.4) is 0 Å². The minimum atomic E-state index is -1.14. The minimum Gasteiger partial charge on any atom is -0.480 e. The zero-order valence-corrected chi connectivity index (χ0v) is 12.9. The molecule has 2 amide bonds. The maximum atomic E-state index is 12.4. The van der Waals surface area contributed by atoms with Crippen LogP contribution in [-0.2, 0) is 9.59 Å².